The van der Waals surface area contributed by atoms with Crippen molar-refractivity contribution in [1.82, 2.24) is 0 Å². The molecule has 1 aromatic rings. The summed E-state index contributed by atoms with van der Waals surface area (Å²) >= 11 is 0. The highest BCUT2D eigenvalue weighted by Crippen LogP contribution is 2.67. The van der Waals surface area contributed by atoms with Gasteiger partial charge in [0.25, 0.3) is 8.32 Å². The largest absolute Gasteiger partial charge is 0.541 e. The van der Waals surface area contributed by atoms with Gasteiger partial charge in [-0.15, -0.1) is 0 Å². The fraction of sp³-hybridized carbons (Fsp3) is 0.833. The van der Waals surface area contributed by atoms with Gasteiger partial charge in [0.05, 0.1) is 32.5 Å². The first-order valence-corrected chi connectivity index (χ1v) is 22.5. The maximum absolute atomic E-state index is 12.3. The highest BCUT2D eigenvalue weighted by atomic mass is 28.4. The van der Waals surface area contributed by atoms with Gasteiger partial charge in [0.15, 0.2) is 19.9 Å². The molecule has 0 bridgehead atoms. The predicted molar refractivity (Wildman–Crippen MR) is 185 cm³/mol. The van der Waals surface area contributed by atoms with Gasteiger partial charge in [-0.05, 0) is 74.6 Å². The molecule has 1 aromatic carbocycles. The first kappa shape index (κ1) is 35.9. The van der Waals surface area contributed by atoms with E-state index >= 15 is 0 Å². The second-order valence-corrected chi connectivity index (χ2v) is 28.0. The fourth-order valence-electron chi connectivity index (χ4n) is 7.79. The number of aliphatic hydroxyl groups excluding tert-OH is 1. The van der Waals surface area contributed by atoms with Crippen LogP contribution in [-0.2, 0) is 25.7 Å². The van der Waals surface area contributed by atoms with Crippen molar-refractivity contribution in [1.29, 1.82) is 0 Å². The monoisotopic (exact) mass is 648 g/mol. The van der Waals surface area contributed by atoms with Crippen molar-refractivity contribution < 1.29 is 28.2 Å². The lowest BCUT2D eigenvalue weighted by Crippen LogP contribution is -2.70. The van der Waals surface area contributed by atoms with E-state index in [1.54, 1.807) is 7.11 Å². The van der Waals surface area contributed by atoms with Gasteiger partial charge in [-0.2, -0.15) is 0 Å². The van der Waals surface area contributed by atoms with Crippen LogP contribution in [0.1, 0.15) is 99.3 Å². The van der Waals surface area contributed by atoms with Crippen LogP contribution in [0.15, 0.2) is 6.07 Å². The smallest absolute Gasteiger partial charge is 0.250 e. The zero-order valence-electron chi connectivity index (χ0n) is 31.1. The number of hydrogen-bond donors (Lipinski definition) is 1. The van der Waals surface area contributed by atoms with E-state index in [1.165, 1.54) is 5.56 Å². The third-order valence-electron chi connectivity index (χ3n) is 13.0. The van der Waals surface area contributed by atoms with E-state index in [0.29, 0.717) is 19.6 Å². The number of fused-ring (bicyclic) bond motifs is 5. The summed E-state index contributed by atoms with van der Waals surface area (Å²) in [7, 11) is -2.58. The summed E-state index contributed by atoms with van der Waals surface area (Å²) in [6.45, 7) is 37.1. The Morgan fingerprint density at radius 2 is 1.36 bits per heavy atom. The molecule has 1 N–H and O–H groups in total. The first-order valence-electron chi connectivity index (χ1n) is 16.7. The minimum absolute atomic E-state index is 0.0447. The molecule has 252 valence electrons. The normalized spacial score (nSPS) is 34.4. The summed E-state index contributed by atoms with van der Waals surface area (Å²) in [6, 6.07) is 2.34. The molecule has 6 atom stereocenters. The van der Waals surface area contributed by atoms with E-state index in [-0.39, 0.29) is 32.9 Å². The fourth-order valence-corrected chi connectivity index (χ4v) is 10.3. The van der Waals surface area contributed by atoms with Crippen molar-refractivity contribution in [3.05, 3.63) is 22.8 Å². The van der Waals surface area contributed by atoms with Crippen LogP contribution in [0.3, 0.4) is 0 Å². The van der Waals surface area contributed by atoms with E-state index in [0.717, 1.165) is 29.0 Å². The molecule has 0 spiro atoms. The number of rotatable bonds is 5. The second kappa shape index (κ2) is 10.8. The summed E-state index contributed by atoms with van der Waals surface area (Å²) in [5.74, 6) is 0.834. The Kier molecular flexibility index (Phi) is 8.83. The first-order chi connectivity index (χ1) is 19.7. The van der Waals surface area contributed by atoms with Crippen molar-refractivity contribution in [3.8, 4) is 11.5 Å². The van der Waals surface area contributed by atoms with Gasteiger partial charge in [0.2, 0.25) is 0 Å². The van der Waals surface area contributed by atoms with Gasteiger partial charge in [0, 0.05) is 34.1 Å². The summed E-state index contributed by atoms with van der Waals surface area (Å²) in [5, 5.41) is 12.4. The average Bonchev–Trinajstić information content (AvgIpc) is 2.94. The van der Waals surface area contributed by atoms with Gasteiger partial charge in [-0.3, -0.25) is 0 Å². The number of aliphatic hydroxyl groups is 1. The van der Waals surface area contributed by atoms with Crippen LogP contribution in [-0.4, -0.2) is 60.1 Å². The summed E-state index contributed by atoms with van der Waals surface area (Å²) in [5.41, 5.74) is 2.23. The molecule has 1 saturated carbocycles. The zero-order chi connectivity index (χ0) is 33.7. The SMILES string of the molecule is COc1c2c(cc(C)c1O[Si](C)(C)C(C)(C)C)[C@]1(C)C[C@H](O[Si](C)(C)C(C)(C)C)[C@@]3(C)COC(C)(C)OC[C@@]3(C)[C@H]1[C@@H](O)C2. The molecule has 0 amide bonds. The standard InChI is InChI=1S/C36H64O6Si2/c1-23-18-25-24(29(38-13)28(23)42-44(16,17)32(5,6)7)19-26(37)30-34(25,10)20-27(41-43(14,15)31(2,3)4)35(11)21-39-33(8,9)40-22-36(30,35)12/h18,26-27,30,37H,19-22H2,1-17H3/t26-,27-,30-,34-,35+,36-/m0/s1. The highest BCUT2D eigenvalue weighted by molar-refractivity contribution is 6.75. The van der Waals surface area contributed by atoms with Crippen LogP contribution in [0.25, 0.3) is 0 Å². The molecule has 2 fully saturated rings. The Bertz CT molecular complexity index is 1260. The molecule has 1 heterocycles. The third kappa shape index (κ3) is 5.55. The minimum atomic E-state index is -2.18. The van der Waals surface area contributed by atoms with Crippen LogP contribution in [0.4, 0.5) is 0 Å². The van der Waals surface area contributed by atoms with Crippen LogP contribution in [0, 0.1) is 23.7 Å². The van der Waals surface area contributed by atoms with Gasteiger partial charge in [0.1, 0.15) is 5.75 Å². The Labute approximate surface area is 271 Å². The molecule has 1 saturated heterocycles. The van der Waals surface area contributed by atoms with E-state index in [1.807, 2.05) is 13.8 Å². The molecular weight excluding hydrogens is 585 g/mol. The van der Waals surface area contributed by atoms with Crippen LogP contribution < -0.4 is 9.16 Å². The third-order valence-corrected chi connectivity index (χ3v) is 21.8. The molecule has 4 rings (SSSR count). The van der Waals surface area contributed by atoms with Crippen molar-refractivity contribution in [2.24, 2.45) is 16.7 Å². The van der Waals surface area contributed by atoms with Crippen molar-refractivity contribution >= 4 is 16.6 Å². The number of hydrogen-bond acceptors (Lipinski definition) is 6. The Hall–Kier alpha value is -0.906. The van der Waals surface area contributed by atoms with Crippen LogP contribution >= 0.6 is 0 Å². The average molecular weight is 649 g/mol. The van der Waals surface area contributed by atoms with Gasteiger partial charge in [-0.1, -0.05) is 68.4 Å². The van der Waals surface area contributed by atoms with E-state index < -0.39 is 33.9 Å². The van der Waals surface area contributed by atoms with Crippen molar-refractivity contribution in [3.63, 3.8) is 0 Å². The lowest BCUT2D eigenvalue weighted by atomic mass is 9.41. The van der Waals surface area contributed by atoms with Gasteiger partial charge < -0.3 is 28.2 Å². The van der Waals surface area contributed by atoms with E-state index in [4.69, 9.17) is 23.1 Å². The summed E-state index contributed by atoms with van der Waals surface area (Å²) in [6.07, 6.45) is 0.624. The Balaban J connectivity index is 1.96. The van der Waals surface area contributed by atoms with E-state index in [9.17, 15) is 5.11 Å². The molecule has 0 radical (unpaired) electrons. The van der Waals surface area contributed by atoms with E-state index in [2.05, 4.69) is 101 Å². The van der Waals surface area contributed by atoms with Crippen LogP contribution in [0.2, 0.25) is 36.3 Å². The molecule has 8 heteroatoms. The number of benzene rings is 1. The molecular formula is C36H64O6Si2. The summed E-state index contributed by atoms with van der Waals surface area (Å²) in [4.78, 5) is 0. The minimum Gasteiger partial charge on any atom is -0.541 e. The van der Waals surface area contributed by atoms with Crippen molar-refractivity contribution in [2.75, 3.05) is 20.3 Å². The summed E-state index contributed by atoms with van der Waals surface area (Å²) < 4.78 is 33.7. The molecule has 1 aliphatic heterocycles. The van der Waals surface area contributed by atoms with Gasteiger partial charge >= 0.3 is 0 Å². The predicted octanol–water partition coefficient (Wildman–Crippen LogP) is 8.77. The topological polar surface area (TPSA) is 66.4 Å². The molecule has 0 aromatic heterocycles. The molecule has 2 aliphatic carbocycles. The zero-order valence-corrected chi connectivity index (χ0v) is 33.1. The van der Waals surface area contributed by atoms with Crippen LogP contribution in [0.5, 0.6) is 11.5 Å². The molecule has 44 heavy (non-hydrogen) atoms. The Morgan fingerprint density at radius 1 is 0.841 bits per heavy atom. The quantitative estimate of drug-likeness (QED) is 0.322. The number of ether oxygens (including phenoxy) is 3. The van der Waals surface area contributed by atoms with Crippen molar-refractivity contribution in [2.45, 2.75) is 156 Å². The number of aryl methyl sites for hydroxylation is 1. The lowest BCUT2D eigenvalue weighted by Gasteiger charge is -2.66. The molecule has 0 unspecified atom stereocenters. The Morgan fingerprint density at radius 3 is 1.86 bits per heavy atom. The molecule has 6 nitrogen and oxygen atoms in total. The highest BCUT2D eigenvalue weighted by Gasteiger charge is 2.69. The number of methoxy groups -OCH3 is 1. The lowest BCUT2D eigenvalue weighted by molar-refractivity contribution is -0.209. The second-order valence-electron chi connectivity index (χ2n) is 18.5. The molecule has 3 aliphatic rings. The van der Waals surface area contributed by atoms with Gasteiger partial charge in [-0.25, -0.2) is 0 Å². The maximum Gasteiger partial charge on any atom is 0.250 e. The maximum atomic E-state index is 12.3.